The van der Waals surface area contributed by atoms with Crippen molar-refractivity contribution in [1.82, 2.24) is 19.9 Å². The Hall–Kier alpha value is -3.58. The normalized spacial score (nSPS) is 15.6. The molecule has 162 valence electrons. The van der Waals surface area contributed by atoms with Gasteiger partial charge in [0.25, 0.3) is 0 Å². The summed E-state index contributed by atoms with van der Waals surface area (Å²) in [5.74, 6) is 1.81. The van der Waals surface area contributed by atoms with Crippen LogP contribution < -0.4 is 9.64 Å². The second-order valence-electron chi connectivity index (χ2n) is 7.90. The zero-order chi connectivity index (χ0) is 21.9. The highest BCUT2D eigenvalue weighted by Crippen LogP contribution is 2.29. The summed E-state index contributed by atoms with van der Waals surface area (Å²) in [6.45, 7) is 5.64. The highest BCUT2D eigenvalue weighted by Gasteiger charge is 2.23. The van der Waals surface area contributed by atoms with Crippen LogP contribution in [0.15, 0.2) is 73.2 Å². The molecule has 1 aliphatic heterocycles. The van der Waals surface area contributed by atoms with Crippen molar-refractivity contribution in [2.75, 3.05) is 31.1 Å². The molecule has 0 aliphatic carbocycles. The van der Waals surface area contributed by atoms with Crippen molar-refractivity contribution in [3.05, 3.63) is 84.6 Å². The number of hydrogen-bond donors (Lipinski definition) is 0. The van der Waals surface area contributed by atoms with Crippen molar-refractivity contribution in [3.63, 3.8) is 0 Å². The second-order valence-corrected chi connectivity index (χ2v) is 7.90. The zero-order valence-electron chi connectivity index (χ0n) is 17.9. The predicted octanol–water partition coefficient (Wildman–Crippen LogP) is 4.84. The second kappa shape index (κ2) is 8.88. The SMILES string of the molecule is CC(c1ccc(F)cc1)N1CCN(c2cc(Oc3cccc4cccnc34)ncn2)CC1. The van der Waals surface area contributed by atoms with E-state index in [0.717, 1.165) is 48.5 Å². The van der Waals surface area contributed by atoms with Gasteiger partial charge in [-0.15, -0.1) is 0 Å². The van der Waals surface area contributed by atoms with Crippen LogP contribution in [0.4, 0.5) is 10.2 Å². The Kier molecular flexibility index (Phi) is 5.64. The van der Waals surface area contributed by atoms with Crippen LogP contribution >= 0.6 is 0 Å². The lowest BCUT2D eigenvalue weighted by molar-refractivity contribution is 0.198. The summed E-state index contributed by atoms with van der Waals surface area (Å²) in [6, 6.07) is 18.7. The number of fused-ring (bicyclic) bond motifs is 1. The van der Waals surface area contributed by atoms with Crippen molar-refractivity contribution in [1.29, 1.82) is 0 Å². The summed E-state index contributed by atoms with van der Waals surface area (Å²) in [7, 11) is 0. The number of pyridine rings is 1. The lowest BCUT2D eigenvalue weighted by Crippen LogP contribution is -2.47. The minimum atomic E-state index is -0.202. The molecule has 0 spiro atoms. The van der Waals surface area contributed by atoms with E-state index in [4.69, 9.17) is 4.74 Å². The number of anilines is 1. The minimum Gasteiger partial charge on any atom is -0.437 e. The molecule has 2 aromatic heterocycles. The summed E-state index contributed by atoms with van der Waals surface area (Å²) >= 11 is 0. The summed E-state index contributed by atoms with van der Waals surface area (Å²) in [6.07, 6.45) is 3.30. The van der Waals surface area contributed by atoms with Crippen LogP contribution in [0.5, 0.6) is 11.6 Å². The molecule has 0 N–H and O–H groups in total. The van der Waals surface area contributed by atoms with Gasteiger partial charge in [-0.1, -0.05) is 30.3 Å². The fourth-order valence-corrected chi connectivity index (χ4v) is 4.12. The van der Waals surface area contributed by atoms with Crippen LogP contribution in [0.3, 0.4) is 0 Å². The van der Waals surface area contributed by atoms with Gasteiger partial charge in [-0.05, 0) is 36.8 Å². The highest BCUT2D eigenvalue weighted by molar-refractivity contribution is 5.84. The Bertz CT molecular complexity index is 1200. The van der Waals surface area contributed by atoms with Gasteiger partial charge in [-0.3, -0.25) is 9.88 Å². The van der Waals surface area contributed by atoms with Crippen LogP contribution in [0.1, 0.15) is 18.5 Å². The monoisotopic (exact) mass is 429 g/mol. The Labute approximate surface area is 186 Å². The Morgan fingerprint density at radius 3 is 2.50 bits per heavy atom. The molecular weight excluding hydrogens is 405 g/mol. The van der Waals surface area contributed by atoms with Gasteiger partial charge < -0.3 is 9.64 Å². The van der Waals surface area contributed by atoms with Crippen molar-refractivity contribution in [2.45, 2.75) is 13.0 Å². The van der Waals surface area contributed by atoms with E-state index in [0.29, 0.717) is 11.6 Å². The van der Waals surface area contributed by atoms with Gasteiger partial charge in [0.1, 0.15) is 23.5 Å². The summed E-state index contributed by atoms with van der Waals surface area (Å²) in [4.78, 5) is 17.8. The molecule has 4 aromatic rings. The van der Waals surface area contributed by atoms with Gasteiger partial charge in [-0.2, -0.15) is 0 Å². The quantitative estimate of drug-likeness (QED) is 0.453. The molecule has 0 radical (unpaired) electrons. The van der Waals surface area contributed by atoms with Crippen molar-refractivity contribution in [3.8, 4) is 11.6 Å². The third kappa shape index (κ3) is 4.24. The number of halogens is 1. The molecule has 7 heteroatoms. The zero-order valence-corrected chi connectivity index (χ0v) is 17.9. The first-order valence-corrected chi connectivity index (χ1v) is 10.8. The van der Waals surface area contributed by atoms with E-state index in [1.807, 2.05) is 48.5 Å². The first-order valence-electron chi connectivity index (χ1n) is 10.8. The highest BCUT2D eigenvalue weighted by atomic mass is 19.1. The number of ether oxygens (including phenoxy) is 1. The number of benzene rings is 2. The van der Waals surface area contributed by atoms with Crippen LogP contribution in [-0.4, -0.2) is 46.0 Å². The van der Waals surface area contributed by atoms with Gasteiger partial charge >= 0.3 is 0 Å². The molecular formula is C25H24FN5O. The van der Waals surface area contributed by atoms with E-state index in [1.54, 1.807) is 6.20 Å². The number of piperazine rings is 1. The van der Waals surface area contributed by atoms with E-state index >= 15 is 0 Å². The molecule has 3 heterocycles. The van der Waals surface area contributed by atoms with E-state index in [9.17, 15) is 4.39 Å². The van der Waals surface area contributed by atoms with E-state index in [-0.39, 0.29) is 11.9 Å². The minimum absolute atomic E-state index is 0.202. The first kappa shape index (κ1) is 20.3. The fraction of sp³-hybridized carbons (Fsp3) is 0.240. The molecule has 0 amide bonds. The molecule has 2 aromatic carbocycles. The molecule has 0 bridgehead atoms. The fourth-order valence-electron chi connectivity index (χ4n) is 4.12. The number of nitrogens with zero attached hydrogens (tertiary/aromatic N) is 5. The van der Waals surface area contributed by atoms with E-state index in [2.05, 4.69) is 31.7 Å². The van der Waals surface area contributed by atoms with Gasteiger partial charge in [0.15, 0.2) is 5.75 Å². The average molecular weight is 429 g/mol. The number of hydrogen-bond acceptors (Lipinski definition) is 6. The van der Waals surface area contributed by atoms with E-state index in [1.165, 1.54) is 18.5 Å². The molecule has 1 atom stereocenters. The molecule has 1 saturated heterocycles. The van der Waals surface area contributed by atoms with Crippen molar-refractivity contribution < 1.29 is 9.13 Å². The molecule has 1 unspecified atom stereocenters. The molecule has 32 heavy (non-hydrogen) atoms. The van der Waals surface area contributed by atoms with Gasteiger partial charge in [0, 0.05) is 49.9 Å². The lowest BCUT2D eigenvalue weighted by Gasteiger charge is -2.38. The predicted molar refractivity (Wildman–Crippen MR) is 122 cm³/mol. The maximum absolute atomic E-state index is 13.2. The van der Waals surface area contributed by atoms with E-state index < -0.39 is 0 Å². The maximum atomic E-state index is 13.2. The Morgan fingerprint density at radius 2 is 1.69 bits per heavy atom. The van der Waals surface area contributed by atoms with Crippen LogP contribution in [0.25, 0.3) is 10.9 Å². The largest absolute Gasteiger partial charge is 0.437 e. The number of rotatable bonds is 5. The summed E-state index contributed by atoms with van der Waals surface area (Å²) < 4.78 is 19.3. The van der Waals surface area contributed by atoms with Gasteiger partial charge in [0.05, 0.1) is 0 Å². The first-order chi connectivity index (χ1) is 15.7. The standard InChI is InChI=1S/C25H24FN5O/c1-18(19-7-9-21(26)10-8-19)30-12-14-31(15-13-30)23-16-24(29-17-28-23)32-22-6-2-4-20-5-3-11-27-25(20)22/h2-11,16-18H,12-15H2,1H3. The molecule has 6 nitrogen and oxygen atoms in total. The number of aromatic nitrogens is 3. The molecule has 0 saturated carbocycles. The third-order valence-corrected chi connectivity index (χ3v) is 5.98. The van der Waals surface area contributed by atoms with Crippen molar-refractivity contribution in [2.24, 2.45) is 0 Å². The maximum Gasteiger partial charge on any atom is 0.224 e. The number of para-hydroxylation sites is 1. The molecule has 1 aliphatic rings. The molecule has 5 rings (SSSR count). The van der Waals surface area contributed by atoms with Crippen LogP contribution in [0, 0.1) is 5.82 Å². The Balaban J connectivity index is 1.27. The van der Waals surface area contributed by atoms with Crippen LogP contribution in [0.2, 0.25) is 0 Å². The summed E-state index contributed by atoms with van der Waals surface area (Å²) in [5.41, 5.74) is 1.93. The van der Waals surface area contributed by atoms with Crippen molar-refractivity contribution >= 4 is 16.7 Å². The van der Waals surface area contributed by atoms with Gasteiger partial charge in [-0.25, -0.2) is 14.4 Å². The molecule has 1 fully saturated rings. The topological polar surface area (TPSA) is 54.4 Å². The smallest absolute Gasteiger partial charge is 0.224 e. The lowest BCUT2D eigenvalue weighted by atomic mass is 10.1. The average Bonchev–Trinajstić information content (AvgIpc) is 2.85. The van der Waals surface area contributed by atoms with Gasteiger partial charge in [0.2, 0.25) is 5.88 Å². The summed E-state index contributed by atoms with van der Waals surface area (Å²) in [5, 5.41) is 1.02. The van der Waals surface area contributed by atoms with Crippen LogP contribution in [-0.2, 0) is 0 Å². The Morgan fingerprint density at radius 1 is 0.906 bits per heavy atom. The third-order valence-electron chi connectivity index (χ3n) is 5.98.